The SMILES string of the molecule is CC(=O)Nc1ccc(C(N)=O)c(Oc2ccccc2)c1. The Morgan fingerprint density at radius 1 is 1.10 bits per heavy atom. The maximum absolute atomic E-state index is 11.4. The van der Waals surface area contributed by atoms with E-state index in [9.17, 15) is 9.59 Å². The molecule has 0 aromatic heterocycles. The van der Waals surface area contributed by atoms with Crippen LogP contribution >= 0.6 is 0 Å². The summed E-state index contributed by atoms with van der Waals surface area (Å²) in [4.78, 5) is 22.5. The van der Waals surface area contributed by atoms with Crippen molar-refractivity contribution in [1.82, 2.24) is 0 Å². The van der Waals surface area contributed by atoms with E-state index < -0.39 is 5.91 Å². The molecule has 0 saturated carbocycles. The second-order valence-electron chi connectivity index (χ2n) is 4.17. The molecule has 0 aliphatic heterocycles. The van der Waals surface area contributed by atoms with Crippen LogP contribution in [0.3, 0.4) is 0 Å². The second-order valence-corrected chi connectivity index (χ2v) is 4.17. The number of rotatable bonds is 4. The molecule has 0 aliphatic rings. The molecular formula is C15H14N2O3. The number of benzene rings is 2. The van der Waals surface area contributed by atoms with E-state index in [1.54, 1.807) is 24.3 Å². The largest absolute Gasteiger partial charge is 0.456 e. The standard InChI is InChI=1S/C15H14N2O3/c1-10(18)17-11-7-8-13(15(16)19)14(9-11)20-12-5-3-2-4-6-12/h2-9H,1H3,(H2,16,19)(H,17,18). The third kappa shape index (κ3) is 3.35. The molecule has 3 N–H and O–H groups in total. The first-order valence-electron chi connectivity index (χ1n) is 6.00. The molecule has 0 bridgehead atoms. The van der Waals surface area contributed by atoms with Crippen molar-refractivity contribution in [2.24, 2.45) is 5.73 Å². The summed E-state index contributed by atoms with van der Waals surface area (Å²) in [6.07, 6.45) is 0. The predicted octanol–water partition coefficient (Wildman–Crippen LogP) is 2.54. The lowest BCUT2D eigenvalue weighted by molar-refractivity contribution is -0.114. The van der Waals surface area contributed by atoms with Gasteiger partial charge in [0.25, 0.3) is 5.91 Å². The normalized spacial score (nSPS) is 9.85. The van der Waals surface area contributed by atoms with Crippen molar-refractivity contribution in [2.75, 3.05) is 5.32 Å². The molecule has 0 spiro atoms. The highest BCUT2D eigenvalue weighted by molar-refractivity contribution is 5.97. The highest BCUT2D eigenvalue weighted by atomic mass is 16.5. The smallest absolute Gasteiger partial charge is 0.252 e. The van der Waals surface area contributed by atoms with Crippen LogP contribution in [0.15, 0.2) is 48.5 Å². The fourth-order valence-electron chi connectivity index (χ4n) is 1.71. The van der Waals surface area contributed by atoms with Crippen LogP contribution in [0.4, 0.5) is 5.69 Å². The van der Waals surface area contributed by atoms with E-state index in [1.807, 2.05) is 18.2 Å². The molecule has 0 radical (unpaired) electrons. The molecule has 5 heteroatoms. The molecule has 0 heterocycles. The van der Waals surface area contributed by atoms with Crippen LogP contribution in [0.25, 0.3) is 0 Å². The first kappa shape index (κ1) is 13.6. The van der Waals surface area contributed by atoms with E-state index in [0.29, 0.717) is 17.2 Å². The molecule has 2 aromatic carbocycles. The van der Waals surface area contributed by atoms with Gasteiger partial charge in [0.05, 0.1) is 5.56 Å². The molecule has 20 heavy (non-hydrogen) atoms. The fourth-order valence-corrected chi connectivity index (χ4v) is 1.71. The van der Waals surface area contributed by atoms with Crippen molar-refractivity contribution in [3.05, 3.63) is 54.1 Å². The molecule has 0 fully saturated rings. The van der Waals surface area contributed by atoms with Gasteiger partial charge in [-0.1, -0.05) is 18.2 Å². The molecule has 0 unspecified atom stereocenters. The molecule has 102 valence electrons. The molecule has 2 aromatic rings. The summed E-state index contributed by atoms with van der Waals surface area (Å²) in [5.74, 6) is 0.0812. The molecule has 0 aliphatic carbocycles. The maximum Gasteiger partial charge on any atom is 0.252 e. The minimum absolute atomic E-state index is 0.206. The average Bonchev–Trinajstić information content (AvgIpc) is 2.39. The highest BCUT2D eigenvalue weighted by Crippen LogP contribution is 2.28. The third-order valence-electron chi connectivity index (χ3n) is 2.54. The zero-order valence-corrected chi connectivity index (χ0v) is 10.9. The maximum atomic E-state index is 11.4. The van der Waals surface area contributed by atoms with E-state index in [-0.39, 0.29) is 11.5 Å². The number of nitrogens with two attached hydrogens (primary N) is 1. The zero-order chi connectivity index (χ0) is 14.5. The van der Waals surface area contributed by atoms with Gasteiger partial charge in [0, 0.05) is 18.7 Å². The Bertz CT molecular complexity index is 639. The van der Waals surface area contributed by atoms with E-state index in [4.69, 9.17) is 10.5 Å². The van der Waals surface area contributed by atoms with Crippen molar-refractivity contribution in [3.8, 4) is 11.5 Å². The predicted molar refractivity (Wildman–Crippen MR) is 75.8 cm³/mol. The van der Waals surface area contributed by atoms with E-state index >= 15 is 0 Å². The molecule has 0 saturated heterocycles. The number of primary amides is 1. The third-order valence-corrected chi connectivity index (χ3v) is 2.54. The number of carbonyl (C=O) groups excluding carboxylic acids is 2. The van der Waals surface area contributed by atoms with Crippen LogP contribution in [0.1, 0.15) is 17.3 Å². The molecule has 2 amide bonds. The number of carbonyl (C=O) groups is 2. The molecule has 5 nitrogen and oxygen atoms in total. The zero-order valence-electron chi connectivity index (χ0n) is 10.9. The van der Waals surface area contributed by atoms with Crippen molar-refractivity contribution in [2.45, 2.75) is 6.92 Å². The van der Waals surface area contributed by atoms with Crippen LogP contribution in [0, 0.1) is 0 Å². The quantitative estimate of drug-likeness (QED) is 0.895. The average molecular weight is 270 g/mol. The monoisotopic (exact) mass is 270 g/mol. The van der Waals surface area contributed by atoms with Gasteiger partial charge in [-0.2, -0.15) is 0 Å². The van der Waals surface area contributed by atoms with Gasteiger partial charge in [-0.05, 0) is 24.3 Å². The fraction of sp³-hybridized carbons (Fsp3) is 0.0667. The van der Waals surface area contributed by atoms with Gasteiger partial charge in [-0.25, -0.2) is 0 Å². The Morgan fingerprint density at radius 2 is 1.80 bits per heavy atom. The van der Waals surface area contributed by atoms with Crippen LogP contribution in [0.5, 0.6) is 11.5 Å². The molecular weight excluding hydrogens is 256 g/mol. The van der Waals surface area contributed by atoms with Crippen LogP contribution < -0.4 is 15.8 Å². The first-order chi connectivity index (χ1) is 9.56. The van der Waals surface area contributed by atoms with Crippen LogP contribution in [0.2, 0.25) is 0 Å². The number of amides is 2. The van der Waals surface area contributed by atoms with Crippen molar-refractivity contribution in [3.63, 3.8) is 0 Å². The Morgan fingerprint density at radius 3 is 2.40 bits per heavy atom. The molecule has 2 rings (SSSR count). The van der Waals surface area contributed by atoms with Crippen molar-refractivity contribution >= 4 is 17.5 Å². The van der Waals surface area contributed by atoms with Crippen LogP contribution in [-0.2, 0) is 4.79 Å². The number of anilines is 1. The Hall–Kier alpha value is -2.82. The van der Waals surface area contributed by atoms with Gasteiger partial charge in [0.2, 0.25) is 5.91 Å². The van der Waals surface area contributed by atoms with Gasteiger partial charge in [-0.15, -0.1) is 0 Å². The molecule has 0 atom stereocenters. The summed E-state index contributed by atoms with van der Waals surface area (Å²) in [6.45, 7) is 1.40. The minimum atomic E-state index is -0.592. The highest BCUT2D eigenvalue weighted by Gasteiger charge is 2.11. The van der Waals surface area contributed by atoms with E-state index in [1.165, 1.54) is 13.0 Å². The number of hydrogen-bond donors (Lipinski definition) is 2. The van der Waals surface area contributed by atoms with Gasteiger partial charge < -0.3 is 15.8 Å². The summed E-state index contributed by atoms with van der Waals surface area (Å²) in [7, 11) is 0. The Labute approximate surface area is 116 Å². The summed E-state index contributed by atoms with van der Waals surface area (Å²) in [6, 6.07) is 13.7. The number of para-hydroxylation sites is 1. The first-order valence-corrected chi connectivity index (χ1v) is 6.00. The van der Waals surface area contributed by atoms with Gasteiger partial charge in [0.1, 0.15) is 11.5 Å². The van der Waals surface area contributed by atoms with E-state index in [2.05, 4.69) is 5.32 Å². The second kappa shape index (κ2) is 5.88. The van der Waals surface area contributed by atoms with Crippen molar-refractivity contribution < 1.29 is 14.3 Å². The lowest BCUT2D eigenvalue weighted by atomic mass is 10.1. The van der Waals surface area contributed by atoms with Crippen molar-refractivity contribution in [1.29, 1.82) is 0 Å². The lowest BCUT2D eigenvalue weighted by Gasteiger charge is -2.11. The Kier molecular flexibility index (Phi) is 4.00. The van der Waals surface area contributed by atoms with E-state index in [0.717, 1.165) is 0 Å². The summed E-state index contributed by atoms with van der Waals surface area (Å²) in [5, 5.41) is 2.63. The lowest BCUT2D eigenvalue weighted by Crippen LogP contribution is -2.13. The van der Waals surface area contributed by atoms with Gasteiger partial charge >= 0.3 is 0 Å². The Balaban J connectivity index is 2.36. The minimum Gasteiger partial charge on any atom is -0.456 e. The summed E-state index contributed by atoms with van der Waals surface area (Å²) >= 11 is 0. The summed E-state index contributed by atoms with van der Waals surface area (Å²) in [5.41, 5.74) is 6.10. The number of hydrogen-bond acceptors (Lipinski definition) is 3. The van der Waals surface area contributed by atoms with Gasteiger partial charge in [-0.3, -0.25) is 9.59 Å². The number of nitrogens with one attached hydrogen (secondary N) is 1. The van der Waals surface area contributed by atoms with Crippen LogP contribution in [-0.4, -0.2) is 11.8 Å². The van der Waals surface area contributed by atoms with Gasteiger partial charge in [0.15, 0.2) is 0 Å². The summed E-state index contributed by atoms with van der Waals surface area (Å²) < 4.78 is 5.64. The topological polar surface area (TPSA) is 81.4 Å². The number of ether oxygens (including phenoxy) is 1.